The highest BCUT2D eigenvalue weighted by molar-refractivity contribution is 6.00. The van der Waals surface area contributed by atoms with Gasteiger partial charge >= 0.3 is 12.2 Å². The zero-order valence-corrected chi connectivity index (χ0v) is 20.2. The van der Waals surface area contributed by atoms with Crippen LogP contribution < -0.4 is 10.2 Å². The van der Waals surface area contributed by atoms with Crippen LogP contribution in [0.5, 0.6) is 0 Å². The normalized spacial score (nSPS) is 17.5. The van der Waals surface area contributed by atoms with Gasteiger partial charge in [-0.05, 0) is 44.0 Å². The van der Waals surface area contributed by atoms with Gasteiger partial charge in [-0.3, -0.25) is 14.3 Å². The Morgan fingerprint density at radius 2 is 1.89 bits per heavy atom. The number of nitrogens with zero attached hydrogens (tertiary/aromatic N) is 6. The summed E-state index contributed by atoms with van der Waals surface area (Å²) >= 11 is 0. The molecule has 0 atom stereocenters. The molecule has 5 rings (SSSR count). The van der Waals surface area contributed by atoms with E-state index in [-0.39, 0.29) is 18.4 Å². The largest absolute Gasteiger partial charge is 0.416 e. The number of urea groups is 1. The molecule has 1 saturated carbocycles. The summed E-state index contributed by atoms with van der Waals surface area (Å²) in [5, 5.41) is 2.42. The Kier molecular flexibility index (Phi) is 6.34. The van der Waals surface area contributed by atoms with Crippen molar-refractivity contribution in [3.05, 3.63) is 60.4 Å². The fourth-order valence-electron chi connectivity index (χ4n) is 5.11. The van der Waals surface area contributed by atoms with Crippen molar-refractivity contribution in [2.75, 3.05) is 23.3 Å². The van der Waals surface area contributed by atoms with Crippen LogP contribution in [0.4, 0.5) is 29.5 Å². The summed E-state index contributed by atoms with van der Waals surface area (Å²) in [4.78, 5) is 42.1. The molecule has 1 aliphatic carbocycles. The van der Waals surface area contributed by atoms with Crippen molar-refractivity contribution in [2.45, 2.75) is 50.7 Å². The van der Waals surface area contributed by atoms with Gasteiger partial charge in [-0.1, -0.05) is 19.3 Å². The van der Waals surface area contributed by atoms with Crippen LogP contribution in [0.15, 0.2) is 49.2 Å². The van der Waals surface area contributed by atoms with Gasteiger partial charge in [0.1, 0.15) is 24.5 Å². The number of rotatable bonds is 5. The monoisotopic (exact) mass is 513 g/mol. The molecule has 194 valence electrons. The molecule has 2 fully saturated rings. The lowest BCUT2D eigenvalue weighted by atomic mass is 9.81. The standard InChI is InChI=1S/C25H26F3N7O2/c1-17-13-33(16-31-17)21-6-5-19(12-30-21)34-15-24(8-3-2-4-9-24)35(23(34)37)14-22(36)32-20-11-18(7-10-29-20)25(26,27)28/h5-7,10-13,16H,2-4,8-9,14-15H2,1H3,(H,29,32,36). The molecule has 0 unspecified atom stereocenters. The number of nitrogens with one attached hydrogen (secondary N) is 1. The molecule has 2 aliphatic rings. The molecule has 3 amide bonds. The topological polar surface area (TPSA) is 96.2 Å². The fraction of sp³-hybridized carbons (Fsp3) is 0.400. The second-order valence-corrected chi connectivity index (χ2v) is 9.51. The number of amides is 3. The van der Waals surface area contributed by atoms with Crippen molar-refractivity contribution >= 4 is 23.4 Å². The molecule has 9 nitrogen and oxygen atoms in total. The van der Waals surface area contributed by atoms with Gasteiger partial charge in [0.05, 0.1) is 35.2 Å². The third-order valence-corrected chi connectivity index (χ3v) is 6.95. The van der Waals surface area contributed by atoms with Gasteiger partial charge in [-0.2, -0.15) is 13.2 Å². The molecule has 12 heteroatoms. The number of carbonyl (C=O) groups excluding carboxylic acids is 2. The summed E-state index contributed by atoms with van der Waals surface area (Å²) in [5.74, 6) is -0.153. The van der Waals surface area contributed by atoms with E-state index in [0.717, 1.165) is 56.1 Å². The molecule has 0 aromatic carbocycles. The second kappa shape index (κ2) is 9.49. The van der Waals surface area contributed by atoms with Gasteiger partial charge < -0.3 is 10.2 Å². The van der Waals surface area contributed by atoms with E-state index in [1.54, 1.807) is 33.0 Å². The van der Waals surface area contributed by atoms with E-state index in [9.17, 15) is 22.8 Å². The minimum atomic E-state index is -4.56. The van der Waals surface area contributed by atoms with Crippen LogP contribution in [0.25, 0.3) is 5.82 Å². The lowest BCUT2D eigenvalue weighted by molar-refractivity contribution is -0.137. The molecular weight excluding hydrogens is 487 g/mol. The average molecular weight is 514 g/mol. The molecule has 1 saturated heterocycles. The number of alkyl halides is 3. The summed E-state index contributed by atoms with van der Waals surface area (Å²) in [6, 6.07) is 4.89. The SMILES string of the molecule is Cc1cn(-c2ccc(N3CC4(CCCCC4)N(CC(=O)Nc4cc(C(F)(F)F)ccn4)C3=O)cn2)cn1. The van der Waals surface area contributed by atoms with Crippen molar-refractivity contribution in [1.29, 1.82) is 0 Å². The predicted octanol–water partition coefficient (Wildman–Crippen LogP) is 4.57. The highest BCUT2D eigenvalue weighted by atomic mass is 19.4. The van der Waals surface area contributed by atoms with Crippen molar-refractivity contribution < 1.29 is 22.8 Å². The summed E-state index contributed by atoms with van der Waals surface area (Å²) in [5.41, 5.74) is 0.0208. The van der Waals surface area contributed by atoms with Crippen LogP contribution in [0.1, 0.15) is 43.4 Å². The van der Waals surface area contributed by atoms with Gasteiger partial charge in [-0.15, -0.1) is 0 Å². The minimum absolute atomic E-state index is 0.212. The summed E-state index contributed by atoms with van der Waals surface area (Å²) in [6.07, 6.45) is 5.94. The van der Waals surface area contributed by atoms with Crippen LogP contribution in [0.2, 0.25) is 0 Å². The first-order valence-electron chi connectivity index (χ1n) is 12.0. The number of pyridine rings is 2. The second-order valence-electron chi connectivity index (χ2n) is 9.51. The molecule has 4 heterocycles. The predicted molar refractivity (Wildman–Crippen MR) is 129 cm³/mol. The highest BCUT2D eigenvalue weighted by Crippen LogP contribution is 2.41. The third kappa shape index (κ3) is 5.00. The molecule has 1 spiro atoms. The summed E-state index contributed by atoms with van der Waals surface area (Å²) in [6.45, 7) is 2.00. The zero-order valence-electron chi connectivity index (χ0n) is 20.2. The van der Waals surface area contributed by atoms with E-state index in [1.165, 1.54) is 0 Å². The molecule has 37 heavy (non-hydrogen) atoms. The van der Waals surface area contributed by atoms with E-state index >= 15 is 0 Å². The van der Waals surface area contributed by atoms with E-state index in [4.69, 9.17) is 0 Å². The number of anilines is 2. The summed E-state index contributed by atoms with van der Waals surface area (Å²) < 4.78 is 40.9. The Balaban J connectivity index is 1.35. The fourth-order valence-corrected chi connectivity index (χ4v) is 5.11. The number of aryl methyl sites for hydroxylation is 1. The lowest BCUT2D eigenvalue weighted by Crippen LogP contribution is -2.51. The Morgan fingerprint density at radius 3 is 2.54 bits per heavy atom. The first-order chi connectivity index (χ1) is 17.6. The quantitative estimate of drug-likeness (QED) is 0.539. The number of carbonyl (C=O) groups is 2. The molecule has 3 aromatic heterocycles. The highest BCUT2D eigenvalue weighted by Gasteiger charge is 2.50. The van der Waals surface area contributed by atoms with Gasteiger partial charge in [0, 0.05) is 12.4 Å². The van der Waals surface area contributed by atoms with Crippen LogP contribution in [0, 0.1) is 6.92 Å². The average Bonchev–Trinajstić information content (AvgIpc) is 3.41. The van der Waals surface area contributed by atoms with E-state index in [2.05, 4.69) is 20.3 Å². The first-order valence-corrected chi connectivity index (χ1v) is 12.0. The van der Waals surface area contributed by atoms with E-state index < -0.39 is 23.2 Å². The van der Waals surface area contributed by atoms with Crippen LogP contribution in [-0.4, -0.2) is 55.0 Å². The first kappa shape index (κ1) is 24.7. The number of hydrogen-bond donors (Lipinski definition) is 1. The van der Waals surface area contributed by atoms with Crippen LogP contribution in [0.3, 0.4) is 0 Å². The van der Waals surface area contributed by atoms with Gasteiger partial charge in [0.25, 0.3) is 0 Å². The maximum Gasteiger partial charge on any atom is 0.416 e. The van der Waals surface area contributed by atoms with Crippen molar-refractivity contribution in [3.8, 4) is 5.82 Å². The van der Waals surface area contributed by atoms with E-state index in [1.807, 2.05) is 19.2 Å². The Bertz CT molecular complexity index is 1300. The molecule has 0 radical (unpaired) electrons. The molecule has 1 N–H and O–H groups in total. The maximum atomic E-state index is 13.6. The Hall–Kier alpha value is -3.96. The third-order valence-electron chi connectivity index (χ3n) is 6.95. The Labute approximate surface area is 211 Å². The zero-order chi connectivity index (χ0) is 26.2. The maximum absolute atomic E-state index is 13.6. The Morgan fingerprint density at radius 1 is 1.11 bits per heavy atom. The number of halogens is 3. The van der Waals surface area contributed by atoms with Crippen molar-refractivity contribution in [2.24, 2.45) is 0 Å². The molecule has 3 aromatic rings. The molecule has 1 aliphatic heterocycles. The lowest BCUT2D eigenvalue weighted by Gasteiger charge is -2.39. The van der Waals surface area contributed by atoms with Gasteiger partial charge in [-0.25, -0.2) is 19.7 Å². The van der Waals surface area contributed by atoms with Crippen LogP contribution in [-0.2, 0) is 11.0 Å². The number of hydrogen-bond acceptors (Lipinski definition) is 5. The van der Waals surface area contributed by atoms with Crippen LogP contribution >= 0.6 is 0 Å². The summed E-state index contributed by atoms with van der Waals surface area (Å²) in [7, 11) is 0. The van der Waals surface area contributed by atoms with Gasteiger partial charge in [0.15, 0.2) is 0 Å². The smallest absolute Gasteiger partial charge is 0.309 e. The number of aromatic nitrogens is 4. The van der Waals surface area contributed by atoms with E-state index in [0.29, 0.717) is 18.1 Å². The number of imidazole rings is 1. The van der Waals surface area contributed by atoms with Crippen molar-refractivity contribution in [3.63, 3.8) is 0 Å². The van der Waals surface area contributed by atoms with Gasteiger partial charge in [0.2, 0.25) is 5.91 Å². The molecular formula is C25H26F3N7O2. The van der Waals surface area contributed by atoms with Crippen molar-refractivity contribution in [1.82, 2.24) is 24.4 Å². The minimum Gasteiger partial charge on any atom is -0.309 e. The molecule has 0 bridgehead atoms.